The molecule has 0 fully saturated rings. The van der Waals surface area contributed by atoms with Crippen LogP contribution in [0.15, 0.2) is 12.3 Å². The topological polar surface area (TPSA) is 74.4 Å². The van der Waals surface area contributed by atoms with Gasteiger partial charge in [-0.3, -0.25) is 0 Å². The third kappa shape index (κ3) is 3.66. The number of carbonyl (C=O) groups is 1. The fourth-order valence-corrected chi connectivity index (χ4v) is 1.50. The van der Waals surface area contributed by atoms with Gasteiger partial charge in [-0.05, 0) is 13.0 Å². The lowest BCUT2D eigenvalue weighted by Crippen LogP contribution is -2.44. The molecular weight excluding hydrogens is 277 g/mol. The smallest absolute Gasteiger partial charge is 0.356 e. The molecule has 0 bridgehead atoms. The Balaban J connectivity index is 2.67. The fraction of sp³-hybridized carbons (Fsp3) is 0.583. The molecule has 1 aromatic rings. The first-order valence-corrected chi connectivity index (χ1v) is 6.06. The molecule has 3 N–H and O–H groups in total. The van der Waals surface area contributed by atoms with E-state index in [1.165, 1.54) is 12.3 Å². The summed E-state index contributed by atoms with van der Waals surface area (Å²) in [6, 6.07) is 1.44. The highest BCUT2D eigenvalue weighted by Gasteiger charge is 2.39. The number of anilines is 1. The quantitative estimate of drug-likeness (QED) is 0.637. The van der Waals surface area contributed by atoms with Crippen LogP contribution < -0.4 is 5.32 Å². The van der Waals surface area contributed by atoms with Gasteiger partial charge in [-0.15, -0.1) is 0 Å². The number of esters is 1. The zero-order valence-corrected chi connectivity index (χ0v) is 11.0. The van der Waals surface area contributed by atoms with Gasteiger partial charge >= 0.3 is 5.97 Å². The molecule has 1 heterocycles. The number of hydrogen-bond acceptors (Lipinski definition) is 4. The number of aliphatic hydroxyl groups is 1. The molecule has 1 rings (SSSR count). The van der Waals surface area contributed by atoms with Gasteiger partial charge in [0.25, 0.3) is 0 Å². The molecule has 114 valence electrons. The summed E-state index contributed by atoms with van der Waals surface area (Å²) in [5.74, 6) is -0.644. The molecule has 2 unspecified atom stereocenters. The molecule has 0 aliphatic heterocycles. The van der Waals surface area contributed by atoms with Crippen LogP contribution in [-0.4, -0.2) is 54.3 Å². The second-order valence-electron chi connectivity index (χ2n) is 4.16. The van der Waals surface area contributed by atoms with E-state index >= 15 is 0 Å². The van der Waals surface area contributed by atoms with Crippen LogP contribution in [-0.2, 0) is 4.74 Å². The highest BCUT2D eigenvalue weighted by Crippen LogP contribution is 2.22. The molecule has 0 aliphatic rings. The van der Waals surface area contributed by atoms with E-state index in [1.807, 2.05) is 0 Å². The lowest BCUT2D eigenvalue weighted by atomic mass is 10.0. The Morgan fingerprint density at radius 3 is 2.90 bits per heavy atom. The number of aromatic amines is 1. The predicted octanol–water partition coefficient (Wildman–Crippen LogP) is 1.61. The van der Waals surface area contributed by atoms with Crippen LogP contribution in [0, 0.1) is 0 Å². The van der Waals surface area contributed by atoms with Crippen molar-refractivity contribution in [1.82, 2.24) is 4.98 Å². The Bertz CT molecular complexity index is 435. The first-order chi connectivity index (χ1) is 9.48. The summed E-state index contributed by atoms with van der Waals surface area (Å²) in [4.78, 5) is 14.1. The number of hydrogen-bond donors (Lipinski definition) is 3. The van der Waals surface area contributed by atoms with Crippen molar-refractivity contribution >= 4 is 11.7 Å². The lowest BCUT2D eigenvalue weighted by molar-refractivity contribution is -0.0155. The van der Waals surface area contributed by atoms with Gasteiger partial charge < -0.3 is 20.1 Å². The van der Waals surface area contributed by atoms with Crippen molar-refractivity contribution in [3.05, 3.63) is 18.0 Å². The van der Waals surface area contributed by atoms with Crippen LogP contribution in [0.2, 0.25) is 0 Å². The van der Waals surface area contributed by atoms with E-state index in [0.29, 0.717) is 0 Å². The van der Waals surface area contributed by atoms with E-state index in [9.17, 15) is 18.0 Å². The van der Waals surface area contributed by atoms with E-state index in [1.54, 1.807) is 6.92 Å². The van der Waals surface area contributed by atoms with E-state index in [-0.39, 0.29) is 18.0 Å². The molecule has 0 saturated carbocycles. The van der Waals surface area contributed by atoms with Crippen molar-refractivity contribution in [2.45, 2.75) is 18.8 Å². The number of halogens is 3. The molecule has 2 atom stereocenters. The molecule has 0 radical (unpaired) electrons. The van der Waals surface area contributed by atoms with Crippen molar-refractivity contribution < 1.29 is 27.8 Å². The third-order valence-corrected chi connectivity index (χ3v) is 2.74. The Hall–Kier alpha value is -1.70. The van der Waals surface area contributed by atoms with Gasteiger partial charge in [0.2, 0.25) is 0 Å². The molecule has 0 aliphatic carbocycles. The minimum Gasteiger partial charge on any atom is -0.461 e. The summed E-state index contributed by atoms with van der Waals surface area (Å²) in [5, 5.41) is 11.1. The molecule has 1 aromatic heterocycles. The highest BCUT2D eigenvalue weighted by molar-refractivity contribution is 5.93. The van der Waals surface area contributed by atoms with Gasteiger partial charge in [0.1, 0.15) is 12.4 Å². The van der Waals surface area contributed by atoms with Crippen molar-refractivity contribution in [3.63, 3.8) is 0 Å². The van der Waals surface area contributed by atoms with Crippen LogP contribution in [0.4, 0.5) is 18.9 Å². The summed E-state index contributed by atoms with van der Waals surface area (Å²) in [6.45, 7) is -1.69. The number of rotatable bonds is 8. The maximum atomic E-state index is 13.6. The van der Waals surface area contributed by atoms with Crippen LogP contribution >= 0.6 is 0 Å². The van der Waals surface area contributed by atoms with Gasteiger partial charge in [0.15, 0.2) is 11.8 Å². The fourth-order valence-electron chi connectivity index (χ4n) is 1.50. The van der Waals surface area contributed by atoms with Crippen molar-refractivity contribution in [1.29, 1.82) is 0 Å². The average Bonchev–Trinajstić information content (AvgIpc) is 2.92. The molecule has 5 nitrogen and oxygen atoms in total. The maximum Gasteiger partial charge on any atom is 0.356 e. The Kier molecular flexibility index (Phi) is 5.87. The van der Waals surface area contributed by atoms with Crippen LogP contribution in [0.3, 0.4) is 0 Å². The SMILES string of the molecule is CCOC(=O)c1[nH]ccc1NCC(F)C(F)(CO)CF. The van der Waals surface area contributed by atoms with Crippen molar-refractivity contribution in [2.24, 2.45) is 0 Å². The second-order valence-corrected chi connectivity index (χ2v) is 4.16. The zero-order valence-electron chi connectivity index (χ0n) is 11.0. The monoisotopic (exact) mass is 294 g/mol. The number of aliphatic hydroxyl groups excluding tert-OH is 1. The van der Waals surface area contributed by atoms with Crippen LogP contribution in [0.5, 0.6) is 0 Å². The number of aromatic nitrogens is 1. The van der Waals surface area contributed by atoms with Gasteiger partial charge in [0, 0.05) is 12.7 Å². The molecule has 0 amide bonds. The van der Waals surface area contributed by atoms with Gasteiger partial charge in [-0.2, -0.15) is 0 Å². The van der Waals surface area contributed by atoms with Crippen LogP contribution in [0.1, 0.15) is 17.4 Å². The molecule has 8 heteroatoms. The predicted molar refractivity (Wildman–Crippen MR) is 67.0 cm³/mol. The first kappa shape index (κ1) is 16.4. The summed E-state index contributed by atoms with van der Waals surface area (Å²) in [6.07, 6.45) is -0.839. The van der Waals surface area contributed by atoms with E-state index in [2.05, 4.69) is 10.3 Å². The Labute approximate surface area is 114 Å². The molecular formula is C12H17F3N2O3. The van der Waals surface area contributed by atoms with E-state index in [0.717, 1.165) is 0 Å². The minimum absolute atomic E-state index is 0.0627. The molecule has 0 spiro atoms. The van der Waals surface area contributed by atoms with Gasteiger partial charge in [0.05, 0.1) is 18.9 Å². The summed E-state index contributed by atoms with van der Waals surface area (Å²) in [7, 11) is 0. The average molecular weight is 294 g/mol. The van der Waals surface area contributed by atoms with Crippen molar-refractivity contribution in [2.75, 3.05) is 31.7 Å². The number of ether oxygens (including phenoxy) is 1. The standard InChI is InChI=1S/C12H17F3N2O3/c1-2-20-11(19)10-8(3-4-16-10)17-5-9(14)12(15,6-13)7-18/h3-4,9,16-18H,2,5-7H2,1H3. The zero-order chi connectivity index (χ0) is 15.2. The third-order valence-electron chi connectivity index (χ3n) is 2.74. The summed E-state index contributed by atoms with van der Waals surface area (Å²) in [5.41, 5.74) is -2.68. The van der Waals surface area contributed by atoms with Crippen molar-refractivity contribution in [3.8, 4) is 0 Å². The highest BCUT2D eigenvalue weighted by atomic mass is 19.2. The molecule has 0 aromatic carbocycles. The lowest BCUT2D eigenvalue weighted by Gasteiger charge is -2.24. The van der Waals surface area contributed by atoms with Gasteiger partial charge in [-0.25, -0.2) is 18.0 Å². The summed E-state index contributed by atoms with van der Waals surface area (Å²) < 4.78 is 44.2. The van der Waals surface area contributed by atoms with E-state index < -0.39 is 37.6 Å². The minimum atomic E-state index is -2.95. The Morgan fingerprint density at radius 1 is 1.65 bits per heavy atom. The number of alkyl halides is 3. The maximum absolute atomic E-state index is 13.6. The first-order valence-electron chi connectivity index (χ1n) is 6.06. The van der Waals surface area contributed by atoms with Crippen LogP contribution in [0.25, 0.3) is 0 Å². The second kappa shape index (κ2) is 7.18. The van der Waals surface area contributed by atoms with E-state index in [4.69, 9.17) is 9.84 Å². The number of carbonyl (C=O) groups excluding carboxylic acids is 1. The number of nitrogens with one attached hydrogen (secondary N) is 2. The normalized spacial score (nSPS) is 15.4. The number of H-pyrrole nitrogens is 1. The van der Waals surface area contributed by atoms with Gasteiger partial charge in [-0.1, -0.05) is 0 Å². The summed E-state index contributed by atoms with van der Waals surface area (Å²) >= 11 is 0. The molecule has 0 saturated heterocycles. The Morgan fingerprint density at radius 2 is 2.35 bits per heavy atom. The largest absolute Gasteiger partial charge is 0.461 e. The molecule has 20 heavy (non-hydrogen) atoms.